The SMILES string of the molecule is CC(C)(C)[C@@H](NC(=O)c1cc(=O)[nH]c(-c2ccccc2)n1)c1ccc(C2CC2)c(F)c1. The normalized spacial score (nSPS) is 14.8. The Kier molecular flexibility index (Phi) is 5.48. The van der Waals surface area contributed by atoms with E-state index in [1.165, 1.54) is 12.1 Å². The maximum absolute atomic E-state index is 14.7. The summed E-state index contributed by atoms with van der Waals surface area (Å²) in [6.45, 7) is 5.93. The Balaban J connectivity index is 1.64. The van der Waals surface area contributed by atoms with Gasteiger partial charge in [0.2, 0.25) is 0 Å². The summed E-state index contributed by atoms with van der Waals surface area (Å²) in [5.41, 5.74) is 1.37. The predicted octanol–water partition coefficient (Wildman–Crippen LogP) is 4.97. The minimum Gasteiger partial charge on any atom is -0.343 e. The highest BCUT2D eigenvalue weighted by Crippen LogP contribution is 2.42. The number of halogens is 1. The van der Waals surface area contributed by atoms with Crippen molar-refractivity contribution < 1.29 is 9.18 Å². The van der Waals surface area contributed by atoms with Gasteiger partial charge < -0.3 is 10.3 Å². The molecule has 0 spiro atoms. The van der Waals surface area contributed by atoms with E-state index in [1.54, 1.807) is 0 Å². The number of aromatic amines is 1. The molecule has 3 aromatic rings. The Labute approximate surface area is 180 Å². The van der Waals surface area contributed by atoms with Crippen LogP contribution in [0.4, 0.5) is 4.39 Å². The van der Waals surface area contributed by atoms with Gasteiger partial charge in [-0.1, -0.05) is 63.2 Å². The van der Waals surface area contributed by atoms with Crippen molar-refractivity contribution in [1.29, 1.82) is 0 Å². The van der Waals surface area contributed by atoms with Crippen LogP contribution in [-0.2, 0) is 0 Å². The fraction of sp³-hybridized carbons (Fsp3) is 0.320. The van der Waals surface area contributed by atoms with Crippen molar-refractivity contribution in [3.8, 4) is 11.4 Å². The maximum atomic E-state index is 14.7. The van der Waals surface area contributed by atoms with Crippen LogP contribution in [0.3, 0.4) is 0 Å². The number of hydrogen-bond donors (Lipinski definition) is 2. The second-order valence-corrected chi connectivity index (χ2v) is 9.17. The lowest BCUT2D eigenvalue weighted by Crippen LogP contribution is -2.37. The van der Waals surface area contributed by atoms with Gasteiger partial charge >= 0.3 is 0 Å². The quantitative estimate of drug-likeness (QED) is 0.613. The van der Waals surface area contributed by atoms with Gasteiger partial charge in [-0.3, -0.25) is 9.59 Å². The molecule has 4 rings (SSSR count). The highest BCUT2D eigenvalue weighted by molar-refractivity contribution is 5.93. The average Bonchev–Trinajstić information content (AvgIpc) is 3.56. The summed E-state index contributed by atoms with van der Waals surface area (Å²) in [5.74, 6) is -0.0715. The molecule has 160 valence electrons. The van der Waals surface area contributed by atoms with Gasteiger partial charge in [0.05, 0.1) is 6.04 Å². The molecule has 2 N–H and O–H groups in total. The van der Waals surface area contributed by atoms with Gasteiger partial charge in [0.1, 0.15) is 17.3 Å². The number of carbonyl (C=O) groups excluding carboxylic acids is 1. The summed E-state index contributed by atoms with van der Waals surface area (Å²) in [7, 11) is 0. The number of rotatable bonds is 5. The van der Waals surface area contributed by atoms with E-state index in [0.717, 1.165) is 18.4 Å². The molecule has 1 amide bonds. The molecule has 5 nitrogen and oxygen atoms in total. The lowest BCUT2D eigenvalue weighted by molar-refractivity contribution is 0.0896. The minimum atomic E-state index is -0.477. The molecule has 0 radical (unpaired) electrons. The zero-order valence-electron chi connectivity index (χ0n) is 17.9. The van der Waals surface area contributed by atoms with Crippen LogP contribution in [0.1, 0.15) is 67.2 Å². The molecule has 1 fully saturated rings. The molecule has 0 bridgehead atoms. The van der Waals surface area contributed by atoms with E-state index in [9.17, 15) is 14.0 Å². The highest BCUT2D eigenvalue weighted by Gasteiger charge is 2.31. The Morgan fingerprint density at radius 2 is 1.84 bits per heavy atom. The summed E-state index contributed by atoms with van der Waals surface area (Å²) in [6.07, 6.45) is 2.04. The number of nitrogens with zero attached hydrogens (tertiary/aromatic N) is 1. The number of benzene rings is 2. The lowest BCUT2D eigenvalue weighted by Gasteiger charge is -2.32. The van der Waals surface area contributed by atoms with Crippen molar-refractivity contribution in [2.24, 2.45) is 5.41 Å². The molecule has 1 aliphatic carbocycles. The number of H-pyrrole nitrogens is 1. The Bertz CT molecular complexity index is 1160. The summed E-state index contributed by atoms with van der Waals surface area (Å²) in [4.78, 5) is 32.3. The van der Waals surface area contributed by atoms with Gasteiger partial charge in [-0.15, -0.1) is 0 Å². The molecule has 1 atom stereocenters. The first kappa shape index (κ1) is 21.0. The number of amides is 1. The summed E-state index contributed by atoms with van der Waals surface area (Å²) in [5, 5.41) is 2.97. The second kappa shape index (κ2) is 8.10. The summed E-state index contributed by atoms with van der Waals surface area (Å²) < 4.78 is 14.7. The molecule has 1 aliphatic rings. The average molecular weight is 420 g/mol. The van der Waals surface area contributed by atoms with Crippen LogP contribution >= 0.6 is 0 Å². The van der Waals surface area contributed by atoms with Crippen molar-refractivity contribution >= 4 is 5.91 Å². The Morgan fingerprint density at radius 3 is 2.45 bits per heavy atom. The van der Waals surface area contributed by atoms with Crippen molar-refractivity contribution in [3.05, 3.63) is 87.6 Å². The van der Waals surface area contributed by atoms with Gasteiger partial charge in [0.15, 0.2) is 0 Å². The van der Waals surface area contributed by atoms with Crippen LogP contribution in [0, 0.1) is 11.2 Å². The fourth-order valence-corrected chi connectivity index (χ4v) is 3.76. The molecule has 31 heavy (non-hydrogen) atoms. The first-order chi connectivity index (χ1) is 14.7. The van der Waals surface area contributed by atoms with E-state index in [-0.39, 0.29) is 16.9 Å². The molecule has 2 aromatic carbocycles. The third-order valence-corrected chi connectivity index (χ3v) is 5.54. The minimum absolute atomic E-state index is 0.0203. The van der Waals surface area contributed by atoms with E-state index in [1.807, 2.05) is 63.2 Å². The molecular weight excluding hydrogens is 393 g/mol. The first-order valence-corrected chi connectivity index (χ1v) is 10.5. The Morgan fingerprint density at radius 1 is 1.13 bits per heavy atom. The first-order valence-electron chi connectivity index (χ1n) is 10.5. The standard InChI is InChI=1S/C25H26FN3O2/c1-25(2,3)22(17-11-12-18(15-9-10-15)19(26)13-17)29-24(31)20-14-21(30)28-23(27-20)16-7-5-4-6-8-16/h4-8,11-15,22H,9-10H2,1-3H3,(H,29,31)(H,27,28,30)/t22-/m0/s1. The number of nitrogens with one attached hydrogen (secondary N) is 2. The van der Waals surface area contributed by atoms with Gasteiger partial charge in [0.25, 0.3) is 11.5 Å². The number of hydrogen-bond acceptors (Lipinski definition) is 3. The molecule has 0 unspecified atom stereocenters. The maximum Gasteiger partial charge on any atom is 0.270 e. The molecule has 0 aliphatic heterocycles. The van der Waals surface area contributed by atoms with E-state index < -0.39 is 17.5 Å². The van der Waals surface area contributed by atoms with Crippen LogP contribution in [-0.4, -0.2) is 15.9 Å². The molecule has 6 heteroatoms. The third-order valence-electron chi connectivity index (χ3n) is 5.54. The van der Waals surface area contributed by atoms with Crippen molar-refractivity contribution in [2.75, 3.05) is 0 Å². The second-order valence-electron chi connectivity index (χ2n) is 9.17. The van der Waals surface area contributed by atoms with Crippen molar-refractivity contribution in [1.82, 2.24) is 15.3 Å². The van der Waals surface area contributed by atoms with Crippen molar-refractivity contribution in [2.45, 2.75) is 45.6 Å². The summed E-state index contributed by atoms with van der Waals surface area (Å²) in [6, 6.07) is 15.1. The highest BCUT2D eigenvalue weighted by atomic mass is 19.1. The number of carbonyl (C=O) groups is 1. The lowest BCUT2D eigenvalue weighted by atomic mass is 9.82. The molecule has 1 aromatic heterocycles. The van der Waals surface area contributed by atoms with E-state index >= 15 is 0 Å². The van der Waals surface area contributed by atoms with E-state index in [0.29, 0.717) is 22.9 Å². The topological polar surface area (TPSA) is 74.8 Å². The van der Waals surface area contributed by atoms with Gasteiger partial charge in [-0.05, 0) is 41.4 Å². The van der Waals surface area contributed by atoms with E-state index in [2.05, 4.69) is 15.3 Å². The van der Waals surface area contributed by atoms with Crippen LogP contribution in [0.2, 0.25) is 0 Å². The monoisotopic (exact) mass is 419 g/mol. The van der Waals surface area contributed by atoms with Crippen LogP contribution < -0.4 is 10.9 Å². The molecule has 1 saturated carbocycles. The molecule has 1 heterocycles. The smallest absolute Gasteiger partial charge is 0.270 e. The third kappa shape index (κ3) is 4.74. The number of aromatic nitrogens is 2. The molecule has 0 saturated heterocycles. The zero-order chi connectivity index (χ0) is 22.2. The largest absolute Gasteiger partial charge is 0.343 e. The fourth-order valence-electron chi connectivity index (χ4n) is 3.76. The summed E-state index contributed by atoms with van der Waals surface area (Å²) >= 11 is 0. The van der Waals surface area contributed by atoms with Crippen LogP contribution in [0.25, 0.3) is 11.4 Å². The molecular formula is C25H26FN3O2. The Hall–Kier alpha value is -3.28. The van der Waals surface area contributed by atoms with Gasteiger partial charge in [-0.25, -0.2) is 9.37 Å². The van der Waals surface area contributed by atoms with E-state index in [4.69, 9.17) is 0 Å². The van der Waals surface area contributed by atoms with Crippen molar-refractivity contribution in [3.63, 3.8) is 0 Å². The van der Waals surface area contributed by atoms with Gasteiger partial charge in [0, 0.05) is 11.6 Å². The van der Waals surface area contributed by atoms with Crippen LogP contribution in [0.15, 0.2) is 59.4 Å². The van der Waals surface area contributed by atoms with Crippen LogP contribution in [0.5, 0.6) is 0 Å². The van der Waals surface area contributed by atoms with Gasteiger partial charge in [-0.2, -0.15) is 0 Å². The zero-order valence-corrected chi connectivity index (χ0v) is 17.9. The predicted molar refractivity (Wildman–Crippen MR) is 118 cm³/mol.